The molecule has 6 heteroatoms. The van der Waals surface area contributed by atoms with E-state index in [2.05, 4.69) is 4.90 Å². The molecule has 1 amide bonds. The van der Waals surface area contributed by atoms with Crippen LogP contribution in [0.3, 0.4) is 0 Å². The van der Waals surface area contributed by atoms with E-state index in [0.29, 0.717) is 42.9 Å². The number of carbonyl (C=O) groups is 1. The van der Waals surface area contributed by atoms with Gasteiger partial charge in [-0.15, -0.1) is 0 Å². The maximum absolute atomic E-state index is 14.1. The van der Waals surface area contributed by atoms with Crippen LogP contribution in [-0.2, 0) is 4.74 Å². The Bertz CT molecular complexity index is 657. The summed E-state index contributed by atoms with van der Waals surface area (Å²) >= 11 is 0. The van der Waals surface area contributed by atoms with Crippen LogP contribution in [0, 0.1) is 19.7 Å². The van der Waals surface area contributed by atoms with Crippen molar-refractivity contribution in [2.45, 2.75) is 59.3 Å². The van der Waals surface area contributed by atoms with Gasteiger partial charge >= 0.3 is 6.09 Å². The molecular weight excluding hydrogens is 335 g/mol. The number of aryl methyl sites for hydroxylation is 1. The number of hydrogen-bond acceptors (Lipinski definition) is 4. The lowest BCUT2D eigenvalue weighted by Gasteiger charge is -2.40. The summed E-state index contributed by atoms with van der Waals surface area (Å²) in [6.07, 6.45) is -1.06. The third kappa shape index (κ3) is 4.95. The Labute approximate surface area is 155 Å². The SMILES string of the molecule is Cc1ccc(C(O)CN2CCN(C(=O)OC(C)(C)C)[C@H](C)C2)c(C)c1F. The summed E-state index contributed by atoms with van der Waals surface area (Å²) in [6.45, 7) is 13.2. The van der Waals surface area contributed by atoms with E-state index in [4.69, 9.17) is 4.74 Å². The van der Waals surface area contributed by atoms with Gasteiger partial charge in [0, 0.05) is 32.2 Å². The van der Waals surface area contributed by atoms with Gasteiger partial charge in [0.05, 0.1) is 6.10 Å². The molecule has 1 fully saturated rings. The number of ether oxygens (including phenoxy) is 1. The summed E-state index contributed by atoms with van der Waals surface area (Å²) in [5.74, 6) is -0.260. The monoisotopic (exact) mass is 366 g/mol. The molecule has 146 valence electrons. The average molecular weight is 366 g/mol. The fourth-order valence-corrected chi connectivity index (χ4v) is 3.33. The molecule has 5 nitrogen and oxygen atoms in total. The lowest BCUT2D eigenvalue weighted by molar-refractivity contribution is -0.00425. The minimum atomic E-state index is -0.759. The van der Waals surface area contributed by atoms with Crippen LogP contribution < -0.4 is 0 Å². The van der Waals surface area contributed by atoms with Gasteiger partial charge in [-0.25, -0.2) is 9.18 Å². The highest BCUT2D eigenvalue weighted by atomic mass is 19.1. The summed E-state index contributed by atoms with van der Waals surface area (Å²) < 4.78 is 19.5. The van der Waals surface area contributed by atoms with Crippen molar-refractivity contribution in [3.63, 3.8) is 0 Å². The Morgan fingerprint density at radius 3 is 2.58 bits per heavy atom. The van der Waals surface area contributed by atoms with Crippen LogP contribution in [0.15, 0.2) is 12.1 Å². The summed E-state index contributed by atoms with van der Waals surface area (Å²) in [4.78, 5) is 16.1. The number of carbonyl (C=O) groups excluding carboxylic acids is 1. The number of nitrogens with zero attached hydrogens (tertiary/aromatic N) is 2. The van der Waals surface area contributed by atoms with Crippen molar-refractivity contribution in [1.82, 2.24) is 9.80 Å². The molecule has 2 rings (SSSR count). The number of rotatable bonds is 3. The predicted molar refractivity (Wildman–Crippen MR) is 99.7 cm³/mol. The lowest BCUT2D eigenvalue weighted by Crippen LogP contribution is -2.55. The smallest absolute Gasteiger partial charge is 0.410 e. The molecule has 1 aromatic rings. The molecule has 0 spiro atoms. The standard InChI is InChI=1S/C20H31FN2O3/c1-13-7-8-16(15(3)18(13)21)17(24)12-22-9-10-23(14(2)11-22)19(25)26-20(4,5)6/h7-8,14,17,24H,9-12H2,1-6H3/t14-,17?/m1/s1. The second kappa shape index (κ2) is 7.92. The lowest BCUT2D eigenvalue weighted by atomic mass is 9.99. The minimum Gasteiger partial charge on any atom is -0.444 e. The van der Waals surface area contributed by atoms with Gasteiger partial charge in [-0.05, 0) is 58.2 Å². The van der Waals surface area contributed by atoms with E-state index < -0.39 is 11.7 Å². The van der Waals surface area contributed by atoms with Crippen LogP contribution in [0.1, 0.15) is 50.5 Å². The van der Waals surface area contributed by atoms with Crippen LogP contribution in [-0.4, -0.2) is 58.8 Å². The first-order chi connectivity index (χ1) is 12.0. The van der Waals surface area contributed by atoms with Crippen molar-refractivity contribution < 1.29 is 19.0 Å². The van der Waals surface area contributed by atoms with Crippen molar-refractivity contribution in [1.29, 1.82) is 0 Å². The van der Waals surface area contributed by atoms with Crippen LogP contribution >= 0.6 is 0 Å². The maximum atomic E-state index is 14.1. The minimum absolute atomic E-state index is 0.0124. The van der Waals surface area contributed by atoms with Crippen molar-refractivity contribution in [2.75, 3.05) is 26.2 Å². The number of aliphatic hydroxyl groups excluding tert-OH is 1. The van der Waals surface area contributed by atoms with Crippen molar-refractivity contribution in [3.8, 4) is 0 Å². The van der Waals surface area contributed by atoms with E-state index in [9.17, 15) is 14.3 Å². The average Bonchev–Trinajstić information content (AvgIpc) is 2.51. The number of piperazine rings is 1. The summed E-state index contributed by atoms with van der Waals surface area (Å²) in [5.41, 5.74) is 1.18. The number of amides is 1. The zero-order chi connectivity index (χ0) is 19.6. The highest BCUT2D eigenvalue weighted by Crippen LogP contribution is 2.24. The number of halogens is 1. The molecule has 0 aliphatic carbocycles. The third-order valence-corrected chi connectivity index (χ3v) is 4.75. The van der Waals surface area contributed by atoms with E-state index in [1.165, 1.54) is 0 Å². The molecule has 1 aliphatic rings. The summed E-state index contributed by atoms with van der Waals surface area (Å²) in [5, 5.41) is 10.6. The van der Waals surface area contributed by atoms with Gasteiger partial charge in [0.15, 0.2) is 0 Å². The number of aliphatic hydroxyl groups is 1. The first-order valence-electron chi connectivity index (χ1n) is 9.15. The summed E-state index contributed by atoms with van der Waals surface area (Å²) in [7, 11) is 0. The molecule has 1 aromatic carbocycles. The van der Waals surface area contributed by atoms with E-state index in [-0.39, 0.29) is 18.0 Å². The van der Waals surface area contributed by atoms with Crippen LogP contribution in [0.4, 0.5) is 9.18 Å². The Morgan fingerprint density at radius 1 is 1.35 bits per heavy atom. The van der Waals surface area contributed by atoms with E-state index in [0.717, 1.165) is 0 Å². The quantitative estimate of drug-likeness (QED) is 0.891. The van der Waals surface area contributed by atoms with Gasteiger partial charge in [-0.3, -0.25) is 4.90 Å². The topological polar surface area (TPSA) is 53.0 Å². The molecular formula is C20H31FN2O3. The largest absolute Gasteiger partial charge is 0.444 e. The fourth-order valence-electron chi connectivity index (χ4n) is 3.33. The molecule has 1 unspecified atom stereocenters. The van der Waals surface area contributed by atoms with Crippen molar-refractivity contribution in [3.05, 3.63) is 34.6 Å². The molecule has 0 aromatic heterocycles. The first kappa shape index (κ1) is 20.6. The van der Waals surface area contributed by atoms with Crippen molar-refractivity contribution >= 4 is 6.09 Å². The second-order valence-electron chi connectivity index (χ2n) is 8.21. The molecule has 1 heterocycles. The number of benzene rings is 1. The van der Waals surface area contributed by atoms with E-state index >= 15 is 0 Å². The normalized spacial score (nSPS) is 20.2. The molecule has 0 bridgehead atoms. The number of β-amino-alcohol motifs (C(OH)–C–C–N with tert-alkyl or cyclic N) is 1. The molecule has 1 N–H and O–H groups in total. The zero-order valence-corrected chi connectivity index (χ0v) is 16.7. The molecule has 0 saturated carbocycles. The van der Waals surface area contributed by atoms with Crippen LogP contribution in [0.25, 0.3) is 0 Å². The molecule has 0 radical (unpaired) electrons. The first-order valence-corrected chi connectivity index (χ1v) is 9.15. The highest BCUT2D eigenvalue weighted by molar-refractivity contribution is 5.68. The Kier molecular flexibility index (Phi) is 6.29. The third-order valence-electron chi connectivity index (χ3n) is 4.75. The molecule has 1 saturated heterocycles. The van der Waals surface area contributed by atoms with Gasteiger partial charge < -0.3 is 14.7 Å². The Morgan fingerprint density at radius 2 is 2.00 bits per heavy atom. The number of hydrogen-bond donors (Lipinski definition) is 1. The highest BCUT2D eigenvalue weighted by Gasteiger charge is 2.31. The van der Waals surface area contributed by atoms with Crippen molar-refractivity contribution in [2.24, 2.45) is 0 Å². The molecule has 26 heavy (non-hydrogen) atoms. The Balaban J connectivity index is 1.97. The Hall–Kier alpha value is -1.66. The van der Waals surface area contributed by atoms with Gasteiger partial charge in [0.1, 0.15) is 11.4 Å². The van der Waals surface area contributed by atoms with Crippen LogP contribution in [0.5, 0.6) is 0 Å². The van der Waals surface area contributed by atoms with Gasteiger partial charge in [-0.2, -0.15) is 0 Å². The molecule has 2 atom stereocenters. The maximum Gasteiger partial charge on any atom is 0.410 e. The van der Waals surface area contributed by atoms with Gasteiger partial charge in [-0.1, -0.05) is 12.1 Å². The fraction of sp³-hybridized carbons (Fsp3) is 0.650. The second-order valence-corrected chi connectivity index (χ2v) is 8.21. The zero-order valence-electron chi connectivity index (χ0n) is 16.7. The van der Waals surface area contributed by atoms with Crippen LogP contribution in [0.2, 0.25) is 0 Å². The van der Waals surface area contributed by atoms with Gasteiger partial charge in [0.2, 0.25) is 0 Å². The molecule has 1 aliphatic heterocycles. The van der Waals surface area contributed by atoms with E-state index in [1.54, 1.807) is 30.9 Å². The summed E-state index contributed by atoms with van der Waals surface area (Å²) in [6, 6.07) is 3.48. The van der Waals surface area contributed by atoms with E-state index in [1.807, 2.05) is 27.7 Å². The predicted octanol–water partition coefficient (Wildman–Crippen LogP) is 3.42. The van der Waals surface area contributed by atoms with Gasteiger partial charge in [0.25, 0.3) is 0 Å².